The molecule has 0 saturated carbocycles. The van der Waals surface area contributed by atoms with Gasteiger partial charge in [-0.3, -0.25) is 4.79 Å². The fourth-order valence-electron chi connectivity index (χ4n) is 3.18. The molecule has 25 heavy (non-hydrogen) atoms. The topological polar surface area (TPSA) is 58.1 Å². The van der Waals surface area contributed by atoms with E-state index in [1.54, 1.807) is 17.7 Å². The normalized spacial score (nSPS) is 13.8. The van der Waals surface area contributed by atoms with Crippen LogP contribution < -0.4 is 5.32 Å². The number of aromatic nitrogens is 2. The summed E-state index contributed by atoms with van der Waals surface area (Å²) >= 11 is 5.08. The number of carbonyl (C=O) groups excluding carboxylic acids is 1. The van der Waals surface area contributed by atoms with Crippen molar-refractivity contribution < 1.29 is 4.79 Å². The van der Waals surface area contributed by atoms with Crippen molar-refractivity contribution in [2.24, 2.45) is 0 Å². The fourth-order valence-corrected chi connectivity index (χ4v) is 4.64. The monoisotopic (exact) mass is 416 g/mol. The molecule has 0 saturated heterocycles. The summed E-state index contributed by atoms with van der Waals surface area (Å²) in [6.07, 6.45) is 2.44. The highest BCUT2D eigenvalue weighted by Gasteiger charge is 2.26. The summed E-state index contributed by atoms with van der Waals surface area (Å²) in [6.45, 7) is 4.24. The summed E-state index contributed by atoms with van der Waals surface area (Å²) in [5, 5.41) is 4.45. The second kappa shape index (κ2) is 6.72. The van der Waals surface area contributed by atoms with Crippen molar-refractivity contribution in [2.75, 3.05) is 18.4 Å². The highest BCUT2D eigenvalue weighted by Crippen LogP contribution is 2.37. The highest BCUT2D eigenvalue weighted by atomic mass is 79.9. The Bertz CT molecular complexity index is 938. The summed E-state index contributed by atoms with van der Waals surface area (Å²) in [4.78, 5) is 25.7. The number of anilines is 1. The van der Waals surface area contributed by atoms with Gasteiger partial charge in [0, 0.05) is 28.0 Å². The molecule has 0 fully saturated rings. The zero-order chi connectivity index (χ0) is 17.4. The molecule has 3 heterocycles. The van der Waals surface area contributed by atoms with E-state index in [1.165, 1.54) is 10.4 Å². The van der Waals surface area contributed by atoms with Gasteiger partial charge in [0.25, 0.3) is 5.91 Å². The van der Waals surface area contributed by atoms with Crippen molar-refractivity contribution in [3.05, 3.63) is 51.1 Å². The minimum absolute atomic E-state index is 0.0774. The molecule has 0 unspecified atom stereocenters. The van der Waals surface area contributed by atoms with Crippen LogP contribution in [0.15, 0.2) is 35.1 Å². The number of nitrogens with one attached hydrogen (secondary N) is 1. The molecule has 4 rings (SSSR count). The Morgan fingerprint density at radius 2 is 2.12 bits per heavy atom. The predicted octanol–water partition coefficient (Wildman–Crippen LogP) is 4.08. The Kier molecular flexibility index (Phi) is 4.43. The molecule has 1 aromatic carbocycles. The van der Waals surface area contributed by atoms with Gasteiger partial charge in [-0.25, -0.2) is 9.97 Å². The van der Waals surface area contributed by atoms with Crippen molar-refractivity contribution in [1.82, 2.24) is 14.9 Å². The predicted molar refractivity (Wildman–Crippen MR) is 104 cm³/mol. The number of hydrogen-bond acceptors (Lipinski definition) is 5. The summed E-state index contributed by atoms with van der Waals surface area (Å²) < 4.78 is 0.976. The standard InChI is InChI=1S/C18H17BrN4OS/c1-2-20-16-15-13-7-8-23(9-14(13)25-17(15)22-10-21-16)18(24)11-3-5-12(19)6-4-11/h3-6,10H,2,7-9H2,1H3,(H,20,21,22). The number of fused-ring (bicyclic) bond motifs is 3. The van der Waals surface area contributed by atoms with Gasteiger partial charge in [-0.05, 0) is 43.2 Å². The van der Waals surface area contributed by atoms with Crippen LogP contribution in [0.25, 0.3) is 10.2 Å². The molecule has 0 bridgehead atoms. The Morgan fingerprint density at radius 1 is 1.32 bits per heavy atom. The summed E-state index contributed by atoms with van der Waals surface area (Å²) in [7, 11) is 0. The van der Waals surface area contributed by atoms with E-state index >= 15 is 0 Å². The molecule has 1 N–H and O–H groups in total. The van der Waals surface area contributed by atoms with Crippen molar-refractivity contribution in [1.29, 1.82) is 0 Å². The number of rotatable bonds is 3. The zero-order valence-corrected chi connectivity index (χ0v) is 16.2. The van der Waals surface area contributed by atoms with Crippen LogP contribution in [0.2, 0.25) is 0 Å². The maximum absolute atomic E-state index is 12.8. The first-order valence-electron chi connectivity index (χ1n) is 8.21. The van der Waals surface area contributed by atoms with E-state index in [0.717, 1.165) is 39.0 Å². The van der Waals surface area contributed by atoms with Crippen LogP contribution in [0.4, 0.5) is 5.82 Å². The molecular formula is C18H17BrN4OS. The van der Waals surface area contributed by atoms with Gasteiger partial charge in [-0.2, -0.15) is 0 Å². The van der Waals surface area contributed by atoms with Gasteiger partial charge in [0.1, 0.15) is 17.0 Å². The molecule has 0 aliphatic carbocycles. The quantitative estimate of drug-likeness (QED) is 0.698. The molecule has 128 valence electrons. The lowest BCUT2D eigenvalue weighted by Crippen LogP contribution is -2.35. The Hall–Kier alpha value is -1.99. The number of amides is 1. The Labute approximate surface area is 158 Å². The fraction of sp³-hybridized carbons (Fsp3) is 0.278. The number of nitrogens with zero attached hydrogens (tertiary/aromatic N) is 3. The number of halogens is 1. The average Bonchev–Trinajstić information content (AvgIpc) is 3.00. The highest BCUT2D eigenvalue weighted by molar-refractivity contribution is 9.10. The molecule has 0 atom stereocenters. The number of thiophene rings is 1. The van der Waals surface area contributed by atoms with Crippen LogP contribution in [-0.4, -0.2) is 33.9 Å². The Balaban J connectivity index is 1.65. The lowest BCUT2D eigenvalue weighted by atomic mass is 10.0. The number of carbonyl (C=O) groups is 1. The molecule has 2 aromatic heterocycles. The van der Waals surface area contributed by atoms with E-state index in [0.29, 0.717) is 13.1 Å². The average molecular weight is 417 g/mol. The second-order valence-electron chi connectivity index (χ2n) is 5.92. The third-order valence-corrected chi connectivity index (χ3v) is 6.01. The lowest BCUT2D eigenvalue weighted by molar-refractivity contribution is 0.0737. The molecule has 1 aliphatic rings. The van der Waals surface area contributed by atoms with Crippen LogP contribution in [0.3, 0.4) is 0 Å². The maximum Gasteiger partial charge on any atom is 0.254 e. The van der Waals surface area contributed by atoms with E-state index in [9.17, 15) is 4.79 Å². The summed E-state index contributed by atoms with van der Waals surface area (Å²) in [5.41, 5.74) is 2.01. The minimum atomic E-state index is 0.0774. The van der Waals surface area contributed by atoms with E-state index in [2.05, 4.69) is 38.1 Å². The molecule has 0 radical (unpaired) electrons. The first kappa shape index (κ1) is 16.5. The van der Waals surface area contributed by atoms with Gasteiger partial charge in [-0.15, -0.1) is 11.3 Å². The Morgan fingerprint density at radius 3 is 2.88 bits per heavy atom. The van der Waals surface area contributed by atoms with E-state index < -0.39 is 0 Å². The van der Waals surface area contributed by atoms with Crippen LogP contribution in [0, 0.1) is 0 Å². The third-order valence-electron chi connectivity index (χ3n) is 4.36. The summed E-state index contributed by atoms with van der Waals surface area (Å²) in [5.74, 6) is 0.978. The first-order chi connectivity index (χ1) is 12.2. The van der Waals surface area contributed by atoms with E-state index in [4.69, 9.17) is 0 Å². The van der Waals surface area contributed by atoms with Crippen molar-refractivity contribution in [3.8, 4) is 0 Å². The molecule has 3 aromatic rings. The molecular weight excluding hydrogens is 400 g/mol. The van der Waals surface area contributed by atoms with Gasteiger partial charge >= 0.3 is 0 Å². The van der Waals surface area contributed by atoms with Crippen molar-refractivity contribution >= 4 is 49.2 Å². The summed E-state index contributed by atoms with van der Waals surface area (Å²) in [6, 6.07) is 7.53. The second-order valence-corrected chi connectivity index (χ2v) is 7.92. The van der Waals surface area contributed by atoms with Gasteiger partial charge in [0.15, 0.2) is 0 Å². The molecule has 1 amide bonds. The number of hydrogen-bond donors (Lipinski definition) is 1. The van der Waals surface area contributed by atoms with Crippen LogP contribution >= 0.6 is 27.3 Å². The first-order valence-corrected chi connectivity index (χ1v) is 9.82. The van der Waals surface area contributed by atoms with E-state index in [-0.39, 0.29) is 5.91 Å². The van der Waals surface area contributed by atoms with E-state index in [1.807, 2.05) is 29.2 Å². The van der Waals surface area contributed by atoms with Crippen LogP contribution in [0.5, 0.6) is 0 Å². The molecule has 1 aliphatic heterocycles. The van der Waals surface area contributed by atoms with Crippen LogP contribution in [0.1, 0.15) is 27.7 Å². The molecule has 7 heteroatoms. The zero-order valence-electron chi connectivity index (χ0n) is 13.8. The van der Waals surface area contributed by atoms with Gasteiger partial charge in [0.2, 0.25) is 0 Å². The smallest absolute Gasteiger partial charge is 0.254 e. The maximum atomic E-state index is 12.8. The van der Waals surface area contributed by atoms with Crippen LogP contribution in [-0.2, 0) is 13.0 Å². The lowest BCUT2D eigenvalue weighted by Gasteiger charge is -2.27. The van der Waals surface area contributed by atoms with Gasteiger partial charge in [0.05, 0.1) is 11.9 Å². The van der Waals surface area contributed by atoms with Crippen molar-refractivity contribution in [3.63, 3.8) is 0 Å². The SMILES string of the molecule is CCNc1ncnc2sc3c(c12)CCN(C(=O)c1ccc(Br)cc1)C3. The molecule has 0 spiro atoms. The third kappa shape index (κ3) is 3.02. The largest absolute Gasteiger partial charge is 0.370 e. The van der Waals surface area contributed by atoms with Crippen molar-refractivity contribution in [2.45, 2.75) is 19.9 Å². The minimum Gasteiger partial charge on any atom is -0.370 e. The number of benzene rings is 1. The van der Waals surface area contributed by atoms with Gasteiger partial charge in [-0.1, -0.05) is 15.9 Å². The van der Waals surface area contributed by atoms with Gasteiger partial charge < -0.3 is 10.2 Å². The molecule has 5 nitrogen and oxygen atoms in total.